The van der Waals surface area contributed by atoms with Gasteiger partial charge in [-0.25, -0.2) is 9.37 Å². The van der Waals surface area contributed by atoms with Crippen molar-refractivity contribution in [3.63, 3.8) is 0 Å². The number of aryl methyl sites for hydroxylation is 1. The van der Waals surface area contributed by atoms with Crippen LogP contribution >= 0.6 is 27.3 Å². The summed E-state index contributed by atoms with van der Waals surface area (Å²) in [6.45, 7) is 1.92. The van der Waals surface area contributed by atoms with Crippen LogP contribution in [0.25, 0.3) is 10.4 Å². The number of halogens is 2. The Kier molecular flexibility index (Phi) is 4.08. The summed E-state index contributed by atoms with van der Waals surface area (Å²) in [6.07, 6.45) is 3.44. The molecule has 0 aliphatic carbocycles. The Morgan fingerprint density at radius 1 is 1.27 bits per heavy atom. The lowest BCUT2D eigenvalue weighted by Gasteiger charge is -2.12. The molecule has 0 bridgehead atoms. The molecule has 3 rings (SSSR count). The van der Waals surface area contributed by atoms with E-state index in [-0.39, 0.29) is 5.82 Å². The Morgan fingerprint density at radius 2 is 2.09 bits per heavy atom. The molecule has 0 atom stereocenters. The van der Waals surface area contributed by atoms with Crippen molar-refractivity contribution in [2.24, 2.45) is 0 Å². The van der Waals surface area contributed by atoms with Crippen LogP contribution in [0.1, 0.15) is 5.69 Å². The molecule has 2 heterocycles. The van der Waals surface area contributed by atoms with Crippen LogP contribution in [0.15, 0.2) is 41.1 Å². The Balaban J connectivity index is 2.03. The number of nitrogens with zero attached hydrogens (tertiary/aromatic N) is 2. The van der Waals surface area contributed by atoms with E-state index in [9.17, 15) is 4.39 Å². The molecule has 112 valence electrons. The quantitative estimate of drug-likeness (QED) is 0.690. The number of rotatable bonds is 3. The highest BCUT2D eigenvalue weighted by atomic mass is 79.9. The van der Waals surface area contributed by atoms with Gasteiger partial charge in [0.1, 0.15) is 5.82 Å². The Morgan fingerprint density at radius 3 is 2.77 bits per heavy atom. The molecule has 0 spiro atoms. The van der Waals surface area contributed by atoms with Crippen LogP contribution < -0.4 is 11.1 Å². The van der Waals surface area contributed by atoms with Gasteiger partial charge in [0, 0.05) is 16.2 Å². The number of pyridine rings is 1. The summed E-state index contributed by atoms with van der Waals surface area (Å²) in [5.41, 5.74) is 9.17. The number of anilines is 3. The summed E-state index contributed by atoms with van der Waals surface area (Å²) in [7, 11) is 0. The molecule has 3 aromatic rings. The summed E-state index contributed by atoms with van der Waals surface area (Å²) in [4.78, 5) is 9.39. The van der Waals surface area contributed by atoms with E-state index < -0.39 is 0 Å². The van der Waals surface area contributed by atoms with Crippen molar-refractivity contribution in [3.8, 4) is 10.4 Å². The second-order valence-corrected chi connectivity index (χ2v) is 6.52. The molecular formula is C15H12BrFN4S. The van der Waals surface area contributed by atoms with Gasteiger partial charge in [0.15, 0.2) is 5.13 Å². The number of nitrogens with one attached hydrogen (secondary N) is 1. The average Bonchev–Trinajstić information content (AvgIpc) is 2.81. The fourth-order valence-electron chi connectivity index (χ4n) is 2.10. The van der Waals surface area contributed by atoms with Crippen LogP contribution in [0.4, 0.5) is 20.9 Å². The highest BCUT2D eigenvalue weighted by Crippen LogP contribution is 2.37. The van der Waals surface area contributed by atoms with Gasteiger partial charge in [-0.2, -0.15) is 0 Å². The Hall–Kier alpha value is -1.99. The highest BCUT2D eigenvalue weighted by molar-refractivity contribution is 9.10. The maximum atomic E-state index is 13.2. The van der Waals surface area contributed by atoms with Gasteiger partial charge in [0.2, 0.25) is 0 Å². The van der Waals surface area contributed by atoms with E-state index >= 15 is 0 Å². The summed E-state index contributed by atoms with van der Waals surface area (Å²) < 4.78 is 13.8. The van der Waals surface area contributed by atoms with Crippen LogP contribution in [0.2, 0.25) is 0 Å². The van der Waals surface area contributed by atoms with Gasteiger partial charge in [-0.15, -0.1) is 0 Å². The van der Waals surface area contributed by atoms with E-state index in [0.29, 0.717) is 9.60 Å². The first kappa shape index (κ1) is 14.9. The van der Waals surface area contributed by atoms with Gasteiger partial charge in [-0.3, -0.25) is 4.98 Å². The topological polar surface area (TPSA) is 63.8 Å². The molecule has 0 aliphatic heterocycles. The summed E-state index contributed by atoms with van der Waals surface area (Å²) >= 11 is 4.78. The SMILES string of the molecule is Cc1nc(N)sc1-c1ccncc1Nc1ccc(F)cc1Br. The normalized spacial score (nSPS) is 10.7. The van der Waals surface area contributed by atoms with Crippen LogP contribution in [0, 0.1) is 12.7 Å². The number of benzene rings is 1. The van der Waals surface area contributed by atoms with Crippen molar-refractivity contribution in [2.75, 3.05) is 11.1 Å². The fraction of sp³-hybridized carbons (Fsp3) is 0.0667. The third-order valence-electron chi connectivity index (χ3n) is 3.08. The zero-order valence-corrected chi connectivity index (χ0v) is 14.0. The van der Waals surface area contributed by atoms with E-state index in [1.807, 2.05) is 13.0 Å². The smallest absolute Gasteiger partial charge is 0.180 e. The molecule has 0 saturated heterocycles. The summed E-state index contributed by atoms with van der Waals surface area (Å²) in [5.74, 6) is -0.296. The molecule has 1 aromatic carbocycles. The van der Waals surface area contributed by atoms with Gasteiger partial charge in [-0.1, -0.05) is 11.3 Å². The molecule has 3 N–H and O–H groups in total. The lowest BCUT2D eigenvalue weighted by molar-refractivity contribution is 0.627. The third-order valence-corrected chi connectivity index (χ3v) is 4.76. The molecule has 0 radical (unpaired) electrons. The van der Waals surface area contributed by atoms with Crippen LogP contribution in [-0.2, 0) is 0 Å². The number of thiazole rings is 1. The van der Waals surface area contributed by atoms with E-state index in [1.54, 1.807) is 18.5 Å². The minimum Gasteiger partial charge on any atom is -0.375 e. The zero-order valence-electron chi connectivity index (χ0n) is 11.6. The zero-order chi connectivity index (χ0) is 15.7. The standard InChI is InChI=1S/C15H12BrFN4S/c1-8-14(22-15(18)20-8)10-4-5-19-7-13(10)21-12-3-2-9(17)6-11(12)16/h2-7,21H,1H3,(H2,18,20). The van der Waals surface area contributed by atoms with Crippen LogP contribution in [0.5, 0.6) is 0 Å². The number of hydrogen-bond donors (Lipinski definition) is 2. The van der Waals surface area contributed by atoms with Crippen molar-refractivity contribution < 1.29 is 4.39 Å². The lowest BCUT2D eigenvalue weighted by Crippen LogP contribution is -1.95. The molecule has 0 amide bonds. The molecular weight excluding hydrogens is 367 g/mol. The molecule has 0 aliphatic rings. The molecule has 4 nitrogen and oxygen atoms in total. The van der Waals surface area contributed by atoms with Crippen molar-refractivity contribution in [3.05, 3.63) is 52.6 Å². The first-order valence-corrected chi connectivity index (χ1v) is 8.05. The Bertz CT molecular complexity index is 834. The van der Waals surface area contributed by atoms with Gasteiger partial charge < -0.3 is 11.1 Å². The largest absolute Gasteiger partial charge is 0.375 e. The molecule has 22 heavy (non-hydrogen) atoms. The fourth-order valence-corrected chi connectivity index (χ4v) is 3.42. The van der Waals surface area contributed by atoms with Gasteiger partial charge in [0.05, 0.1) is 28.1 Å². The molecule has 0 unspecified atom stereocenters. The predicted molar refractivity (Wildman–Crippen MR) is 91.9 cm³/mol. The maximum Gasteiger partial charge on any atom is 0.180 e. The van der Waals surface area contributed by atoms with E-state index in [1.165, 1.54) is 23.5 Å². The monoisotopic (exact) mass is 378 g/mol. The van der Waals surface area contributed by atoms with Gasteiger partial charge in [0.25, 0.3) is 0 Å². The van der Waals surface area contributed by atoms with Crippen molar-refractivity contribution in [1.29, 1.82) is 0 Å². The number of nitrogen functional groups attached to an aromatic ring is 1. The second-order valence-electron chi connectivity index (χ2n) is 4.64. The Labute approximate surface area is 139 Å². The predicted octanol–water partition coefficient (Wildman–Crippen LogP) is 4.74. The van der Waals surface area contributed by atoms with Gasteiger partial charge in [-0.05, 0) is 47.1 Å². The van der Waals surface area contributed by atoms with E-state index in [2.05, 4.69) is 31.2 Å². The number of nitrogens with two attached hydrogens (primary N) is 1. The second kappa shape index (κ2) is 6.02. The number of aromatic nitrogens is 2. The lowest BCUT2D eigenvalue weighted by atomic mass is 10.1. The van der Waals surface area contributed by atoms with Crippen molar-refractivity contribution in [2.45, 2.75) is 6.92 Å². The first-order valence-electron chi connectivity index (χ1n) is 6.44. The van der Waals surface area contributed by atoms with E-state index in [4.69, 9.17) is 5.73 Å². The average molecular weight is 379 g/mol. The molecule has 7 heteroatoms. The molecule has 2 aromatic heterocycles. The van der Waals surface area contributed by atoms with Gasteiger partial charge >= 0.3 is 0 Å². The third kappa shape index (κ3) is 2.95. The molecule has 0 saturated carbocycles. The minimum atomic E-state index is -0.296. The first-order chi connectivity index (χ1) is 10.5. The summed E-state index contributed by atoms with van der Waals surface area (Å²) in [6, 6.07) is 6.39. The molecule has 0 fully saturated rings. The van der Waals surface area contributed by atoms with Crippen molar-refractivity contribution in [1.82, 2.24) is 9.97 Å². The van der Waals surface area contributed by atoms with Crippen LogP contribution in [0.3, 0.4) is 0 Å². The summed E-state index contributed by atoms with van der Waals surface area (Å²) in [5, 5.41) is 3.79. The van der Waals surface area contributed by atoms with E-state index in [0.717, 1.165) is 27.5 Å². The van der Waals surface area contributed by atoms with Crippen molar-refractivity contribution >= 4 is 43.8 Å². The maximum absolute atomic E-state index is 13.2. The number of hydrogen-bond acceptors (Lipinski definition) is 5. The van der Waals surface area contributed by atoms with Crippen LogP contribution in [-0.4, -0.2) is 9.97 Å². The highest BCUT2D eigenvalue weighted by Gasteiger charge is 2.13. The minimum absolute atomic E-state index is 0.296.